The van der Waals surface area contributed by atoms with Gasteiger partial charge in [0.05, 0.1) is 16.2 Å². The highest BCUT2D eigenvalue weighted by Gasteiger charge is 2.20. The van der Waals surface area contributed by atoms with Gasteiger partial charge in [0, 0.05) is 6.07 Å². The van der Waals surface area contributed by atoms with E-state index >= 15 is 0 Å². The molecule has 0 unspecified atom stereocenters. The number of hydrogen-bond donors (Lipinski definition) is 2. The van der Waals surface area contributed by atoms with Crippen molar-refractivity contribution in [1.29, 1.82) is 0 Å². The first-order valence-electron chi connectivity index (χ1n) is 5.32. The first-order chi connectivity index (χ1) is 9.34. The summed E-state index contributed by atoms with van der Waals surface area (Å²) in [6.07, 6.45) is 0. The molecule has 0 saturated carbocycles. The molecule has 0 aliphatic heterocycles. The SMILES string of the molecule is Cc1c(-n2c(O)c(F)c(=O)[nH]c2=O)cccc1[N+](=O)[O-]. The largest absolute Gasteiger partial charge is 0.492 e. The number of nitrogens with zero attached hydrogens (tertiary/aromatic N) is 2. The van der Waals surface area contributed by atoms with Crippen LogP contribution in [0.5, 0.6) is 5.88 Å². The average Bonchev–Trinajstić information content (AvgIpc) is 2.37. The van der Waals surface area contributed by atoms with Crippen LogP contribution in [0.3, 0.4) is 0 Å². The lowest BCUT2D eigenvalue weighted by molar-refractivity contribution is -0.385. The van der Waals surface area contributed by atoms with Gasteiger partial charge in [-0.1, -0.05) is 6.07 Å². The molecule has 1 aromatic carbocycles. The molecule has 20 heavy (non-hydrogen) atoms. The smallest absolute Gasteiger partial charge is 0.335 e. The van der Waals surface area contributed by atoms with E-state index in [9.17, 15) is 29.2 Å². The van der Waals surface area contributed by atoms with Crippen molar-refractivity contribution in [3.63, 3.8) is 0 Å². The zero-order valence-electron chi connectivity index (χ0n) is 10.1. The van der Waals surface area contributed by atoms with Gasteiger partial charge in [-0.2, -0.15) is 4.39 Å². The summed E-state index contributed by atoms with van der Waals surface area (Å²) >= 11 is 0. The van der Waals surface area contributed by atoms with Gasteiger partial charge in [-0.3, -0.25) is 19.9 Å². The molecule has 0 aliphatic carbocycles. The average molecular weight is 281 g/mol. The molecule has 0 fully saturated rings. The number of benzene rings is 1. The zero-order valence-corrected chi connectivity index (χ0v) is 10.1. The predicted molar refractivity (Wildman–Crippen MR) is 65.7 cm³/mol. The molecule has 0 aliphatic rings. The second-order valence-corrected chi connectivity index (χ2v) is 3.91. The second-order valence-electron chi connectivity index (χ2n) is 3.91. The second kappa shape index (κ2) is 4.61. The van der Waals surface area contributed by atoms with E-state index in [4.69, 9.17) is 0 Å². The summed E-state index contributed by atoms with van der Waals surface area (Å²) in [5.41, 5.74) is -2.83. The van der Waals surface area contributed by atoms with Gasteiger partial charge < -0.3 is 5.11 Å². The van der Waals surface area contributed by atoms with Crippen molar-refractivity contribution < 1.29 is 14.4 Å². The van der Waals surface area contributed by atoms with Crippen LogP contribution in [-0.2, 0) is 0 Å². The molecule has 0 spiro atoms. The van der Waals surface area contributed by atoms with Gasteiger partial charge in [-0.15, -0.1) is 0 Å². The summed E-state index contributed by atoms with van der Waals surface area (Å²) < 4.78 is 13.8. The monoisotopic (exact) mass is 281 g/mol. The van der Waals surface area contributed by atoms with Crippen LogP contribution >= 0.6 is 0 Å². The molecule has 8 nitrogen and oxygen atoms in total. The third-order valence-corrected chi connectivity index (χ3v) is 2.75. The molecule has 9 heteroatoms. The van der Waals surface area contributed by atoms with Gasteiger partial charge in [0.2, 0.25) is 11.7 Å². The first kappa shape index (κ1) is 13.5. The Hall–Kier alpha value is -2.97. The maximum atomic E-state index is 13.4. The number of nitro groups is 1. The molecular weight excluding hydrogens is 273 g/mol. The van der Waals surface area contributed by atoms with E-state index in [-0.39, 0.29) is 16.9 Å². The number of aromatic hydroxyl groups is 1. The molecule has 0 atom stereocenters. The number of aromatic amines is 1. The van der Waals surface area contributed by atoms with Crippen molar-refractivity contribution in [1.82, 2.24) is 9.55 Å². The molecule has 0 saturated heterocycles. The van der Waals surface area contributed by atoms with Crippen molar-refractivity contribution in [2.45, 2.75) is 6.92 Å². The predicted octanol–water partition coefficient (Wildman–Crippen LogP) is 0.587. The number of H-pyrrole nitrogens is 1. The highest BCUT2D eigenvalue weighted by molar-refractivity contribution is 5.53. The van der Waals surface area contributed by atoms with Crippen LogP contribution in [0.1, 0.15) is 5.56 Å². The van der Waals surface area contributed by atoms with Crippen molar-refractivity contribution in [3.05, 3.63) is 60.5 Å². The van der Waals surface area contributed by atoms with Crippen molar-refractivity contribution in [3.8, 4) is 11.6 Å². The fourth-order valence-electron chi connectivity index (χ4n) is 1.78. The number of halogens is 1. The molecule has 0 bridgehead atoms. The zero-order chi connectivity index (χ0) is 15.0. The van der Waals surface area contributed by atoms with Crippen LogP contribution in [0.15, 0.2) is 27.8 Å². The van der Waals surface area contributed by atoms with Crippen LogP contribution in [-0.4, -0.2) is 19.6 Å². The maximum absolute atomic E-state index is 13.4. The highest BCUT2D eigenvalue weighted by atomic mass is 19.1. The molecule has 104 valence electrons. The quantitative estimate of drug-likeness (QED) is 0.616. The van der Waals surface area contributed by atoms with Crippen LogP contribution < -0.4 is 11.2 Å². The Labute approximate surface area is 109 Å². The van der Waals surface area contributed by atoms with Crippen molar-refractivity contribution in [2.75, 3.05) is 0 Å². The fraction of sp³-hybridized carbons (Fsp3) is 0.0909. The van der Waals surface area contributed by atoms with Gasteiger partial charge in [-0.05, 0) is 13.0 Å². The van der Waals surface area contributed by atoms with E-state index in [1.807, 2.05) is 0 Å². The van der Waals surface area contributed by atoms with Gasteiger partial charge in [-0.25, -0.2) is 9.36 Å². The third-order valence-electron chi connectivity index (χ3n) is 2.75. The lowest BCUT2D eigenvalue weighted by atomic mass is 10.1. The molecule has 1 heterocycles. The van der Waals surface area contributed by atoms with E-state index < -0.39 is 27.9 Å². The summed E-state index contributed by atoms with van der Waals surface area (Å²) in [6.45, 7) is 1.34. The lowest BCUT2D eigenvalue weighted by Gasteiger charge is -2.10. The number of aromatic nitrogens is 2. The number of hydrogen-bond acceptors (Lipinski definition) is 5. The van der Waals surface area contributed by atoms with Crippen molar-refractivity contribution in [2.24, 2.45) is 0 Å². The van der Waals surface area contributed by atoms with Gasteiger partial charge in [0.1, 0.15) is 0 Å². The van der Waals surface area contributed by atoms with Crippen LogP contribution in [0.4, 0.5) is 10.1 Å². The lowest BCUT2D eigenvalue weighted by Crippen LogP contribution is -2.31. The molecule has 2 aromatic rings. The molecule has 2 rings (SSSR count). The molecule has 0 radical (unpaired) electrons. The Balaban J connectivity index is 2.87. The van der Waals surface area contributed by atoms with Crippen LogP contribution in [0.25, 0.3) is 5.69 Å². The maximum Gasteiger partial charge on any atom is 0.335 e. The Morgan fingerprint density at radius 3 is 2.65 bits per heavy atom. The summed E-state index contributed by atoms with van der Waals surface area (Å²) in [7, 11) is 0. The van der Waals surface area contributed by atoms with Gasteiger partial charge in [0.15, 0.2) is 0 Å². The normalized spacial score (nSPS) is 10.5. The number of nitro benzene ring substituents is 1. The Morgan fingerprint density at radius 2 is 2.05 bits per heavy atom. The minimum atomic E-state index is -1.55. The molecule has 1 aromatic heterocycles. The number of nitrogens with one attached hydrogen (secondary N) is 1. The first-order valence-corrected chi connectivity index (χ1v) is 5.32. The minimum Gasteiger partial charge on any atom is -0.492 e. The summed E-state index contributed by atoms with van der Waals surface area (Å²) in [5.74, 6) is -2.75. The third kappa shape index (κ3) is 1.94. The van der Waals surface area contributed by atoms with Crippen LogP contribution in [0.2, 0.25) is 0 Å². The van der Waals surface area contributed by atoms with Gasteiger partial charge in [0.25, 0.3) is 11.2 Å². The van der Waals surface area contributed by atoms with Gasteiger partial charge >= 0.3 is 5.69 Å². The molecule has 0 amide bonds. The summed E-state index contributed by atoms with van der Waals surface area (Å²) in [6, 6.07) is 3.75. The fourth-order valence-corrected chi connectivity index (χ4v) is 1.78. The Morgan fingerprint density at radius 1 is 1.40 bits per heavy atom. The van der Waals surface area contributed by atoms with E-state index in [1.54, 1.807) is 4.98 Å². The van der Waals surface area contributed by atoms with E-state index in [2.05, 4.69) is 0 Å². The summed E-state index contributed by atoms with van der Waals surface area (Å²) in [5, 5.41) is 20.4. The highest BCUT2D eigenvalue weighted by Crippen LogP contribution is 2.25. The Bertz CT molecular complexity index is 824. The van der Waals surface area contributed by atoms with E-state index in [0.717, 1.165) is 0 Å². The standard InChI is InChI=1S/C11H8FN3O5/c1-5-6(3-2-4-7(5)15(19)20)14-10(17)8(12)9(16)13-11(14)18/h2-4,17H,1H3,(H,13,16,18). The summed E-state index contributed by atoms with van der Waals surface area (Å²) in [4.78, 5) is 34.5. The minimum absolute atomic E-state index is 0.0429. The molecular formula is C11H8FN3O5. The number of rotatable bonds is 2. The van der Waals surface area contributed by atoms with E-state index in [0.29, 0.717) is 4.57 Å². The van der Waals surface area contributed by atoms with E-state index in [1.165, 1.54) is 25.1 Å². The van der Waals surface area contributed by atoms with Crippen LogP contribution in [0, 0.1) is 22.9 Å². The Kier molecular flexibility index (Phi) is 3.10. The van der Waals surface area contributed by atoms with Crippen molar-refractivity contribution >= 4 is 5.69 Å². The topological polar surface area (TPSA) is 118 Å². The molecule has 2 N–H and O–H groups in total.